The van der Waals surface area contributed by atoms with Crippen LogP contribution in [0.2, 0.25) is 0 Å². The third-order valence-electron chi connectivity index (χ3n) is 3.80. The molecule has 1 aromatic heterocycles. The van der Waals surface area contributed by atoms with E-state index in [1.54, 1.807) is 48.5 Å². The summed E-state index contributed by atoms with van der Waals surface area (Å²) in [5, 5.41) is 7.14. The molecule has 0 aliphatic carbocycles. The van der Waals surface area contributed by atoms with Crippen LogP contribution in [0.25, 0.3) is 0 Å². The van der Waals surface area contributed by atoms with Crippen LogP contribution in [-0.4, -0.2) is 29.4 Å². The van der Waals surface area contributed by atoms with Gasteiger partial charge in [-0.25, -0.2) is 0 Å². The molecule has 1 heterocycles. The monoisotopic (exact) mass is 351 g/mol. The number of amides is 1. The highest BCUT2D eigenvalue weighted by molar-refractivity contribution is 6.04. The second-order valence-electron chi connectivity index (χ2n) is 5.69. The average molecular weight is 351 g/mol. The lowest BCUT2D eigenvalue weighted by Crippen LogP contribution is -2.11. The summed E-state index contributed by atoms with van der Waals surface area (Å²) in [5.41, 5.74) is 2.28. The molecule has 1 N–H and O–H groups in total. The van der Waals surface area contributed by atoms with Crippen molar-refractivity contribution in [2.75, 3.05) is 19.0 Å². The number of aromatic nitrogens is 2. The highest BCUT2D eigenvalue weighted by Gasteiger charge is 2.08. The highest BCUT2D eigenvalue weighted by Crippen LogP contribution is 2.16. The predicted molar refractivity (Wildman–Crippen MR) is 99.9 cm³/mol. The van der Waals surface area contributed by atoms with Crippen molar-refractivity contribution in [3.05, 3.63) is 72.1 Å². The van der Waals surface area contributed by atoms with Crippen LogP contribution < -0.4 is 14.8 Å². The molecule has 0 fully saturated rings. The van der Waals surface area contributed by atoms with Gasteiger partial charge in [0.2, 0.25) is 0 Å². The lowest BCUT2D eigenvalue weighted by molar-refractivity contribution is 0.102. The van der Waals surface area contributed by atoms with E-state index < -0.39 is 0 Å². The maximum atomic E-state index is 12.3. The Morgan fingerprint density at radius 3 is 2.69 bits per heavy atom. The first-order valence-corrected chi connectivity index (χ1v) is 8.37. The lowest BCUT2D eigenvalue weighted by atomic mass is 10.2. The summed E-state index contributed by atoms with van der Waals surface area (Å²) in [6.07, 6.45) is 3.43. The van der Waals surface area contributed by atoms with Crippen molar-refractivity contribution >= 4 is 11.6 Å². The van der Waals surface area contributed by atoms with Crippen LogP contribution in [0.3, 0.4) is 0 Å². The summed E-state index contributed by atoms with van der Waals surface area (Å²) in [6.45, 7) is 3.11. The van der Waals surface area contributed by atoms with Gasteiger partial charge in [0.25, 0.3) is 5.91 Å². The third-order valence-corrected chi connectivity index (χ3v) is 3.80. The molecule has 1 amide bonds. The number of methoxy groups -OCH3 is 1. The van der Waals surface area contributed by atoms with Crippen LogP contribution in [0, 0.1) is 0 Å². The zero-order chi connectivity index (χ0) is 18.4. The molecule has 0 saturated carbocycles. The van der Waals surface area contributed by atoms with Crippen molar-refractivity contribution in [3.63, 3.8) is 0 Å². The molecule has 6 nitrogen and oxygen atoms in total. The first kappa shape index (κ1) is 17.5. The summed E-state index contributed by atoms with van der Waals surface area (Å²) in [4.78, 5) is 12.3. The second-order valence-corrected chi connectivity index (χ2v) is 5.69. The number of hydrogen-bond acceptors (Lipinski definition) is 4. The van der Waals surface area contributed by atoms with E-state index in [1.165, 1.54) is 0 Å². The summed E-state index contributed by atoms with van der Waals surface area (Å²) in [5.74, 6) is 1.36. The van der Waals surface area contributed by atoms with Gasteiger partial charge in [-0.2, -0.15) is 5.10 Å². The molecule has 0 radical (unpaired) electrons. The highest BCUT2D eigenvalue weighted by atomic mass is 16.5. The molecule has 2 aromatic carbocycles. The van der Waals surface area contributed by atoms with E-state index in [2.05, 4.69) is 10.4 Å². The zero-order valence-electron chi connectivity index (χ0n) is 14.8. The van der Waals surface area contributed by atoms with Crippen molar-refractivity contribution in [2.24, 2.45) is 0 Å². The van der Waals surface area contributed by atoms with Gasteiger partial charge in [-0.1, -0.05) is 12.1 Å². The van der Waals surface area contributed by atoms with E-state index in [1.807, 2.05) is 31.2 Å². The van der Waals surface area contributed by atoms with E-state index in [-0.39, 0.29) is 5.91 Å². The molecule has 3 aromatic rings. The van der Waals surface area contributed by atoms with Gasteiger partial charge in [0.05, 0.1) is 32.1 Å². The lowest BCUT2D eigenvalue weighted by Gasteiger charge is -2.06. The number of carbonyl (C=O) groups excluding carboxylic acids is 1. The number of nitrogens with one attached hydrogen (secondary N) is 1. The van der Waals surface area contributed by atoms with Gasteiger partial charge in [0, 0.05) is 11.8 Å². The number of anilines is 1. The third kappa shape index (κ3) is 4.42. The molecule has 0 saturated heterocycles. The first-order valence-electron chi connectivity index (χ1n) is 8.37. The molecule has 3 rings (SSSR count). The van der Waals surface area contributed by atoms with Crippen LogP contribution >= 0.6 is 0 Å². The van der Waals surface area contributed by atoms with E-state index in [0.29, 0.717) is 24.4 Å². The molecule has 0 bridgehead atoms. The summed E-state index contributed by atoms with van der Waals surface area (Å²) < 4.78 is 12.4. The number of carbonyl (C=O) groups is 1. The molecule has 0 spiro atoms. The normalized spacial score (nSPS) is 10.4. The number of hydrogen-bond donors (Lipinski definition) is 1. The minimum absolute atomic E-state index is 0.186. The summed E-state index contributed by atoms with van der Waals surface area (Å²) >= 11 is 0. The van der Waals surface area contributed by atoms with Crippen LogP contribution in [0.4, 0.5) is 5.69 Å². The SMILES string of the molecule is CCOc1ccc(C(=O)Nc2cnn(Cc3cccc(OC)c3)c2)cc1. The molecule has 6 heteroatoms. The first-order chi connectivity index (χ1) is 12.7. The Morgan fingerprint density at radius 2 is 1.96 bits per heavy atom. The standard InChI is InChI=1S/C20H21N3O3/c1-3-26-18-9-7-16(8-10-18)20(24)22-17-12-21-23(14-17)13-15-5-4-6-19(11-15)25-2/h4-12,14H,3,13H2,1-2H3,(H,22,24). The Hall–Kier alpha value is -3.28. The Labute approximate surface area is 152 Å². The minimum Gasteiger partial charge on any atom is -0.497 e. The molecular formula is C20H21N3O3. The van der Waals surface area contributed by atoms with Crippen LogP contribution in [0.1, 0.15) is 22.8 Å². The Balaban J connectivity index is 1.63. The fraction of sp³-hybridized carbons (Fsp3) is 0.200. The van der Waals surface area contributed by atoms with Crippen molar-refractivity contribution < 1.29 is 14.3 Å². The summed E-state index contributed by atoms with van der Waals surface area (Å²) in [6, 6.07) is 14.8. The quantitative estimate of drug-likeness (QED) is 0.706. The van der Waals surface area contributed by atoms with Gasteiger partial charge in [-0.3, -0.25) is 9.48 Å². The van der Waals surface area contributed by atoms with Gasteiger partial charge in [-0.15, -0.1) is 0 Å². The summed E-state index contributed by atoms with van der Waals surface area (Å²) in [7, 11) is 1.64. The van der Waals surface area contributed by atoms with Crippen LogP contribution in [0.15, 0.2) is 60.9 Å². The molecular weight excluding hydrogens is 330 g/mol. The van der Waals surface area contributed by atoms with Crippen molar-refractivity contribution in [3.8, 4) is 11.5 Å². The van der Waals surface area contributed by atoms with Gasteiger partial charge in [0.15, 0.2) is 0 Å². The van der Waals surface area contributed by atoms with Crippen molar-refractivity contribution in [2.45, 2.75) is 13.5 Å². The topological polar surface area (TPSA) is 65.4 Å². The average Bonchev–Trinajstić information content (AvgIpc) is 3.09. The Bertz CT molecular complexity index is 872. The van der Waals surface area contributed by atoms with Crippen molar-refractivity contribution in [1.82, 2.24) is 9.78 Å². The molecule has 0 atom stereocenters. The maximum absolute atomic E-state index is 12.3. The van der Waals surface area contributed by atoms with Crippen LogP contribution in [-0.2, 0) is 6.54 Å². The molecule has 26 heavy (non-hydrogen) atoms. The number of nitrogens with zero attached hydrogens (tertiary/aromatic N) is 2. The number of benzene rings is 2. The number of ether oxygens (including phenoxy) is 2. The molecule has 0 aliphatic heterocycles. The number of rotatable bonds is 7. The van der Waals surface area contributed by atoms with Crippen molar-refractivity contribution in [1.29, 1.82) is 0 Å². The van der Waals surface area contributed by atoms with Gasteiger partial charge >= 0.3 is 0 Å². The second kappa shape index (κ2) is 8.20. The largest absolute Gasteiger partial charge is 0.497 e. The minimum atomic E-state index is -0.186. The van der Waals surface area contributed by atoms with E-state index in [0.717, 1.165) is 17.1 Å². The van der Waals surface area contributed by atoms with E-state index in [4.69, 9.17) is 9.47 Å². The van der Waals surface area contributed by atoms with Gasteiger partial charge < -0.3 is 14.8 Å². The maximum Gasteiger partial charge on any atom is 0.255 e. The predicted octanol–water partition coefficient (Wildman–Crippen LogP) is 3.59. The molecule has 0 aliphatic rings. The van der Waals surface area contributed by atoms with E-state index in [9.17, 15) is 4.79 Å². The van der Waals surface area contributed by atoms with Gasteiger partial charge in [0.1, 0.15) is 11.5 Å². The fourth-order valence-electron chi connectivity index (χ4n) is 2.54. The van der Waals surface area contributed by atoms with Crippen LogP contribution in [0.5, 0.6) is 11.5 Å². The Kier molecular flexibility index (Phi) is 5.53. The Morgan fingerprint density at radius 1 is 1.15 bits per heavy atom. The smallest absolute Gasteiger partial charge is 0.255 e. The molecule has 134 valence electrons. The van der Waals surface area contributed by atoms with Gasteiger partial charge in [-0.05, 0) is 48.9 Å². The molecule has 0 unspecified atom stereocenters. The van der Waals surface area contributed by atoms with E-state index >= 15 is 0 Å². The zero-order valence-corrected chi connectivity index (χ0v) is 14.8. The fourth-order valence-corrected chi connectivity index (χ4v) is 2.54.